The minimum absolute atomic E-state index is 0.328. The molecule has 0 aromatic carbocycles. The molecule has 2 fully saturated rings. The minimum Gasteiger partial charge on any atom is -0.464 e. The fraction of sp³-hybridized carbons (Fsp3) is 0.714. The first-order valence-corrected chi connectivity index (χ1v) is 7.02. The number of rotatable bonds is 3. The Morgan fingerprint density at radius 1 is 1.36 bits per heavy atom. The third kappa shape index (κ3) is 2.32. The molecule has 2 saturated heterocycles. The Morgan fingerprint density at radius 2 is 2.09 bits per heavy atom. The Kier molecular flexibility index (Phi) is 3.72. The van der Waals surface area contributed by atoms with Gasteiger partial charge in [0.15, 0.2) is 17.8 Å². The molecule has 0 saturated carbocycles. The van der Waals surface area contributed by atoms with E-state index in [1.165, 1.54) is 11.8 Å². The highest BCUT2D eigenvalue weighted by molar-refractivity contribution is 5.89. The number of nitrogens with zero attached hydrogens (tertiary/aromatic N) is 2. The van der Waals surface area contributed by atoms with E-state index in [0.717, 1.165) is 0 Å². The lowest BCUT2D eigenvalue weighted by molar-refractivity contribution is -0.217. The molecule has 0 bridgehead atoms. The lowest BCUT2D eigenvalue weighted by atomic mass is 10.0. The predicted molar refractivity (Wildman–Crippen MR) is 73.0 cm³/mol. The number of carbonyl (C=O) groups excluding carboxylic acids is 1. The van der Waals surface area contributed by atoms with Crippen LogP contribution in [0.4, 0.5) is 0 Å². The van der Waals surface area contributed by atoms with Crippen LogP contribution < -0.4 is 0 Å². The van der Waals surface area contributed by atoms with Crippen LogP contribution in [0, 0.1) is 0 Å². The Morgan fingerprint density at radius 3 is 2.73 bits per heavy atom. The van der Waals surface area contributed by atoms with E-state index in [-0.39, 0.29) is 6.10 Å². The largest absolute Gasteiger partial charge is 0.464 e. The van der Waals surface area contributed by atoms with E-state index in [1.807, 2.05) is 13.8 Å². The molecule has 3 heterocycles. The molecule has 1 aromatic heterocycles. The van der Waals surface area contributed by atoms with Crippen LogP contribution in [0.2, 0.25) is 0 Å². The normalized spacial score (nSPS) is 33.0. The molecule has 22 heavy (non-hydrogen) atoms. The zero-order valence-corrected chi connectivity index (χ0v) is 13.2. The van der Waals surface area contributed by atoms with E-state index in [2.05, 4.69) is 5.10 Å². The van der Waals surface area contributed by atoms with Crippen LogP contribution in [0.15, 0.2) is 6.20 Å². The molecule has 0 aliphatic carbocycles. The third-order valence-corrected chi connectivity index (χ3v) is 3.92. The first-order chi connectivity index (χ1) is 10.4. The highest BCUT2D eigenvalue weighted by Gasteiger charge is 2.56. The zero-order valence-electron chi connectivity index (χ0n) is 13.2. The maximum atomic E-state index is 12.0. The van der Waals surface area contributed by atoms with Crippen molar-refractivity contribution in [2.75, 3.05) is 14.2 Å². The van der Waals surface area contributed by atoms with Crippen LogP contribution in [0.3, 0.4) is 0 Å². The van der Waals surface area contributed by atoms with E-state index in [4.69, 9.17) is 23.7 Å². The molecule has 2 aliphatic rings. The molecule has 3 rings (SSSR count). The molecule has 0 amide bonds. The van der Waals surface area contributed by atoms with Gasteiger partial charge in [0.25, 0.3) is 0 Å². The molecular formula is C14H20N2O6. The number of methoxy groups -OCH3 is 2. The summed E-state index contributed by atoms with van der Waals surface area (Å²) in [7, 11) is 4.57. The molecule has 0 N–H and O–H groups in total. The zero-order chi connectivity index (χ0) is 16.1. The number of aromatic nitrogens is 2. The Labute approximate surface area is 128 Å². The predicted octanol–water partition coefficient (Wildman–Crippen LogP) is 0.771. The molecule has 0 radical (unpaired) electrons. The summed E-state index contributed by atoms with van der Waals surface area (Å²) < 4.78 is 29.3. The van der Waals surface area contributed by atoms with Gasteiger partial charge in [0.1, 0.15) is 18.3 Å². The molecule has 4 atom stereocenters. The maximum absolute atomic E-state index is 12.0. The number of carbonyl (C=O) groups is 1. The van der Waals surface area contributed by atoms with Crippen LogP contribution in [-0.2, 0) is 30.7 Å². The summed E-state index contributed by atoms with van der Waals surface area (Å²) in [6.07, 6.45) is -0.251. The van der Waals surface area contributed by atoms with Gasteiger partial charge in [0.2, 0.25) is 0 Å². The number of hydrogen-bond acceptors (Lipinski definition) is 7. The summed E-state index contributed by atoms with van der Waals surface area (Å²) in [4.78, 5) is 12.0. The van der Waals surface area contributed by atoms with Crippen molar-refractivity contribution in [1.29, 1.82) is 0 Å². The monoisotopic (exact) mass is 312 g/mol. The van der Waals surface area contributed by atoms with E-state index >= 15 is 0 Å². The summed E-state index contributed by atoms with van der Waals surface area (Å²) in [6.45, 7) is 3.64. The van der Waals surface area contributed by atoms with Crippen molar-refractivity contribution in [3.63, 3.8) is 0 Å². The first kappa shape index (κ1) is 15.4. The minimum atomic E-state index is -0.725. The standard InChI is InChI=1S/C14H20N2O6/c1-14(2)21-11-10(18-4)9(20-13(11)22-14)7-6-15-16(3)8(7)12(17)19-5/h6,9-11,13H,1-5H3/t9-,10+,11-,13-/m1/s1. The highest BCUT2D eigenvalue weighted by Crippen LogP contribution is 2.45. The van der Waals surface area contributed by atoms with Crippen molar-refractivity contribution in [3.8, 4) is 0 Å². The lowest BCUT2D eigenvalue weighted by Crippen LogP contribution is -2.33. The smallest absolute Gasteiger partial charge is 0.356 e. The summed E-state index contributed by atoms with van der Waals surface area (Å²) in [5.41, 5.74) is 0.925. The SMILES string of the molecule is COC(=O)c1c([C@H]2O[C@@H]3OC(C)(C)O[C@@H]3[C@H]2OC)cnn1C. The third-order valence-electron chi connectivity index (χ3n) is 3.92. The first-order valence-electron chi connectivity index (χ1n) is 7.02. The van der Waals surface area contributed by atoms with Crippen molar-refractivity contribution in [1.82, 2.24) is 9.78 Å². The average Bonchev–Trinajstić information content (AvgIpc) is 3.06. The molecule has 1 aromatic rings. The van der Waals surface area contributed by atoms with Gasteiger partial charge >= 0.3 is 5.97 Å². The maximum Gasteiger partial charge on any atom is 0.356 e. The molecule has 8 nitrogen and oxygen atoms in total. The number of aryl methyl sites for hydroxylation is 1. The van der Waals surface area contributed by atoms with Gasteiger partial charge in [-0.15, -0.1) is 0 Å². The number of fused-ring (bicyclic) bond motifs is 1. The highest BCUT2D eigenvalue weighted by atomic mass is 16.8. The summed E-state index contributed by atoms with van der Waals surface area (Å²) in [5, 5.41) is 4.12. The van der Waals surface area contributed by atoms with Gasteiger partial charge in [0.05, 0.1) is 13.3 Å². The van der Waals surface area contributed by atoms with Gasteiger partial charge in [-0.1, -0.05) is 0 Å². The van der Waals surface area contributed by atoms with Gasteiger partial charge in [-0.05, 0) is 13.8 Å². The van der Waals surface area contributed by atoms with Gasteiger partial charge in [-0.25, -0.2) is 4.79 Å². The van der Waals surface area contributed by atoms with Gasteiger partial charge in [-0.2, -0.15) is 5.10 Å². The Bertz CT molecular complexity index is 584. The van der Waals surface area contributed by atoms with Crippen molar-refractivity contribution in [3.05, 3.63) is 17.5 Å². The van der Waals surface area contributed by atoms with Crippen LogP contribution >= 0.6 is 0 Å². The van der Waals surface area contributed by atoms with Crippen LogP contribution in [0.5, 0.6) is 0 Å². The topological polar surface area (TPSA) is 81.0 Å². The fourth-order valence-electron chi connectivity index (χ4n) is 3.00. The van der Waals surface area contributed by atoms with E-state index in [0.29, 0.717) is 11.3 Å². The molecule has 0 unspecified atom stereocenters. The van der Waals surface area contributed by atoms with E-state index in [9.17, 15) is 4.79 Å². The number of ether oxygens (including phenoxy) is 5. The quantitative estimate of drug-likeness (QED) is 0.763. The van der Waals surface area contributed by atoms with Crippen molar-refractivity contribution < 1.29 is 28.5 Å². The Balaban J connectivity index is 1.93. The van der Waals surface area contributed by atoms with Gasteiger partial charge < -0.3 is 23.7 Å². The van der Waals surface area contributed by atoms with Crippen molar-refractivity contribution in [2.45, 2.75) is 44.2 Å². The molecule has 122 valence electrons. The summed E-state index contributed by atoms with van der Waals surface area (Å²) >= 11 is 0. The number of esters is 1. The van der Waals surface area contributed by atoms with Crippen LogP contribution in [0.1, 0.15) is 36.0 Å². The van der Waals surface area contributed by atoms with Crippen molar-refractivity contribution >= 4 is 5.97 Å². The average molecular weight is 312 g/mol. The molecule has 8 heteroatoms. The van der Waals surface area contributed by atoms with Gasteiger partial charge in [0, 0.05) is 19.7 Å². The lowest BCUT2D eigenvalue weighted by Gasteiger charge is -2.24. The molecule has 0 spiro atoms. The second-order valence-electron chi connectivity index (χ2n) is 5.79. The second kappa shape index (κ2) is 5.31. The summed E-state index contributed by atoms with van der Waals surface area (Å²) in [5.74, 6) is -1.20. The fourth-order valence-corrected chi connectivity index (χ4v) is 3.00. The second-order valence-corrected chi connectivity index (χ2v) is 5.79. The van der Waals surface area contributed by atoms with E-state index < -0.39 is 30.3 Å². The number of hydrogen-bond donors (Lipinski definition) is 0. The summed E-state index contributed by atoms with van der Waals surface area (Å²) in [6, 6.07) is 0. The van der Waals surface area contributed by atoms with Gasteiger partial charge in [-0.3, -0.25) is 4.68 Å². The molecular weight excluding hydrogens is 292 g/mol. The van der Waals surface area contributed by atoms with Crippen LogP contribution in [-0.4, -0.2) is 54.3 Å². The van der Waals surface area contributed by atoms with E-state index in [1.54, 1.807) is 20.4 Å². The molecule has 2 aliphatic heterocycles. The Hall–Kier alpha value is -1.48. The van der Waals surface area contributed by atoms with Crippen molar-refractivity contribution in [2.24, 2.45) is 7.05 Å². The van der Waals surface area contributed by atoms with Crippen LogP contribution in [0.25, 0.3) is 0 Å².